The predicted octanol–water partition coefficient (Wildman–Crippen LogP) is 0.149. The molecule has 0 aliphatic rings. The monoisotopic (exact) mass is 237 g/mol. The number of rotatable bonds is 4. The summed E-state index contributed by atoms with van der Waals surface area (Å²) in [6, 6.07) is 4.63. The molecule has 0 saturated carbocycles. The van der Waals surface area contributed by atoms with E-state index in [0.717, 1.165) is 0 Å². The molecule has 6 heteroatoms. The first-order valence-corrected chi connectivity index (χ1v) is 5.00. The average Bonchev–Trinajstić information content (AvgIpc) is 2.28. The van der Waals surface area contributed by atoms with Gasteiger partial charge in [0.2, 0.25) is 5.91 Å². The number of carbonyl (C=O) groups excluding carboxylic acids is 1. The van der Waals surface area contributed by atoms with Gasteiger partial charge in [0.1, 0.15) is 0 Å². The van der Waals surface area contributed by atoms with E-state index >= 15 is 0 Å². The standard InChI is InChI=1S/C11H15N3O3/c1-13-10(15)6-14(2)7-3-4-9(12)8(5-7)11(16)17/h3-5H,6,12H2,1-2H3,(H,13,15)(H,16,17). The largest absolute Gasteiger partial charge is 0.478 e. The fraction of sp³-hybridized carbons (Fsp3) is 0.273. The van der Waals surface area contributed by atoms with Crippen molar-refractivity contribution in [2.45, 2.75) is 0 Å². The van der Waals surface area contributed by atoms with Gasteiger partial charge in [-0.3, -0.25) is 4.79 Å². The Morgan fingerprint density at radius 1 is 1.47 bits per heavy atom. The maximum atomic E-state index is 11.2. The van der Waals surface area contributed by atoms with Crippen LogP contribution in [0.15, 0.2) is 18.2 Å². The molecule has 4 N–H and O–H groups in total. The number of nitrogens with two attached hydrogens (primary N) is 1. The maximum Gasteiger partial charge on any atom is 0.337 e. The fourth-order valence-electron chi connectivity index (χ4n) is 1.35. The Labute approximate surface area is 99.0 Å². The van der Waals surface area contributed by atoms with Crippen molar-refractivity contribution in [2.24, 2.45) is 0 Å². The van der Waals surface area contributed by atoms with Gasteiger partial charge in [-0.15, -0.1) is 0 Å². The highest BCUT2D eigenvalue weighted by molar-refractivity contribution is 5.95. The minimum atomic E-state index is -1.09. The Bertz CT molecular complexity index is 446. The van der Waals surface area contributed by atoms with Crippen molar-refractivity contribution in [3.8, 4) is 0 Å². The number of carboxylic acid groups (broad SMARTS) is 1. The smallest absolute Gasteiger partial charge is 0.337 e. The molecule has 92 valence electrons. The summed E-state index contributed by atoms with van der Waals surface area (Å²) in [5, 5.41) is 11.4. The minimum Gasteiger partial charge on any atom is -0.478 e. The molecule has 0 spiro atoms. The molecule has 0 radical (unpaired) electrons. The number of carbonyl (C=O) groups is 2. The molecule has 1 rings (SSSR count). The summed E-state index contributed by atoms with van der Waals surface area (Å²) < 4.78 is 0. The highest BCUT2D eigenvalue weighted by Crippen LogP contribution is 2.20. The van der Waals surface area contributed by atoms with Gasteiger partial charge in [0.05, 0.1) is 12.1 Å². The second-order valence-corrected chi connectivity index (χ2v) is 3.61. The summed E-state index contributed by atoms with van der Waals surface area (Å²) in [4.78, 5) is 23.7. The van der Waals surface area contributed by atoms with Crippen LogP contribution in [0.5, 0.6) is 0 Å². The SMILES string of the molecule is CNC(=O)CN(C)c1ccc(N)c(C(=O)O)c1. The molecular formula is C11H15N3O3. The Kier molecular flexibility index (Phi) is 3.92. The first-order valence-electron chi connectivity index (χ1n) is 5.00. The van der Waals surface area contributed by atoms with Crippen LogP contribution in [-0.2, 0) is 4.79 Å². The van der Waals surface area contributed by atoms with Crippen LogP contribution in [0.4, 0.5) is 11.4 Å². The van der Waals surface area contributed by atoms with Gasteiger partial charge in [0.25, 0.3) is 0 Å². The number of benzene rings is 1. The van der Waals surface area contributed by atoms with E-state index in [4.69, 9.17) is 10.8 Å². The highest BCUT2D eigenvalue weighted by Gasteiger charge is 2.12. The topological polar surface area (TPSA) is 95.7 Å². The van der Waals surface area contributed by atoms with E-state index in [2.05, 4.69) is 5.32 Å². The zero-order valence-electron chi connectivity index (χ0n) is 9.73. The summed E-state index contributed by atoms with van der Waals surface area (Å²) in [5.74, 6) is -1.24. The first-order chi connectivity index (χ1) is 7.95. The van der Waals surface area contributed by atoms with E-state index in [1.807, 2.05) is 0 Å². The summed E-state index contributed by atoms with van der Waals surface area (Å²) in [6.07, 6.45) is 0. The summed E-state index contributed by atoms with van der Waals surface area (Å²) in [6.45, 7) is 0.152. The number of aromatic carboxylic acids is 1. The number of likely N-dealkylation sites (N-methyl/N-ethyl adjacent to an activating group) is 2. The van der Waals surface area contributed by atoms with Crippen LogP contribution >= 0.6 is 0 Å². The molecule has 1 aromatic rings. The third kappa shape index (κ3) is 3.10. The van der Waals surface area contributed by atoms with E-state index in [1.165, 1.54) is 12.1 Å². The lowest BCUT2D eigenvalue weighted by Crippen LogP contribution is -2.33. The van der Waals surface area contributed by atoms with Gasteiger partial charge in [-0.1, -0.05) is 0 Å². The number of carboxylic acids is 1. The van der Waals surface area contributed by atoms with Crippen LogP contribution in [0.2, 0.25) is 0 Å². The van der Waals surface area contributed by atoms with E-state index < -0.39 is 5.97 Å². The van der Waals surface area contributed by atoms with Gasteiger partial charge in [0, 0.05) is 25.5 Å². The molecule has 6 nitrogen and oxygen atoms in total. The van der Waals surface area contributed by atoms with Crippen molar-refractivity contribution in [1.82, 2.24) is 5.32 Å². The van der Waals surface area contributed by atoms with Crippen molar-refractivity contribution >= 4 is 23.3 Å². The Balaban J connectivity index is 2.95. The van der Waals surface area contributed by atoms with E-state index in [1.54, 1.807) is 25.1 Å². The molecule has 1 aromatic carbocycles. The number of anilines is 2. The van der Waals surface area contributed by atoms with Gasteiger partial charge in [-0.25, -0.2) is 4.79 Å². The van der Waals surface area contributed by atoms with Crippen LogP contribution in [0.3, 0.4) is 0 Å². The maximum absolute atomic E-state index is 11.2. The Hall–Kier alpha value is -2.24. The molecular weight excluding hydrogens is 222 g/mol. The van der Waals surface area contributed by atoms with Crippen LogP contribution in [0.25, 0.3) is 0 Å². The lowest BCUT2D eigenvalue weighted by molar-refractivity contribution is -0.119. The zero-order chi connectivity index (χ0) is 13.0. The van der Waals surface area contributed by atoms with Gasteiger partial charge in [-0.05, 0) is 18.2 Å². The Morgan fingerprint density at radius 2 is 2.12 bits per heavy atom. The normalized spacial score (nSPS) is 9.76. The van der Waals surface area contributed by atoms with E-state index in [-0.39, 0.29) is 23.7 Å². The third-order valence-electron chi connectivity index (χ3n) is 2.37. The average molecular weight is 237 g/mol. The molecule has 0 heterocycles. The second-order valence-electron chi connectivity index (χ2n) is 3.61. The number of hydrogen-bond acceptors (Lipinski definition) is 4. The van der Waals surface area contributed by atoms with Crippen molar-refractivity contribution in [2.75, 3.05) is 31.3 Å². The molecule has 0 saturated heterocycles. The number of amides is 1. The molecule has 17 heavy (non-hydrogen) atoms. The van der Waals surface area contributed by atoms with E-state index in [9.17, 15) is 9.59 Å². The third-order valence-corrected chi connectivity index (χ3v) is 2.37. The zero-order valence-corrected chi connectivity index (χ0v) is 9.73. The minimum absolute atomic E-state index is 0.0336. The van der Waals surface area contributed by atoms with Crippen LogP contribution in [0.1, 0.15) is 10.4 Å². The quantitative estimate of drug-likeness (QED) is 0.648. The van der Waals surface area contributed by atoms with Gasteiger partial charge < -0.3 is 21.1 Å². The summed E-state index contributed by atoms with van der Waals surface area (Å²) in [7, 11) is 3.24. The number of nitrogens with zero attached hydrogens (tertiary/aromatic N) is 1. The molecule has 1 amide bonds. The van der Waals surface area contributed by atoms with Crippen molar-refractivity contribution in [3.05, 3.63) is 23.8 Å². The first kappa shape index (κ1) is 12.8. The molecule has 0 bridgehead atoms. The summed E-state index contributed by atoms with van der Waals surface area (Å²) in [5.41, 5.74) is 6.40. The molecule has 0 aliphatic carbocycles. The van der Waals surface area contributed by atoms with Crippen molar-refractivity contribution < 1.29 is 14.7 Å². The Morgan fingerprint density at radius 3 is 2.65 bits per heavy atom. The number of nitrogen functional groups attached to an aromatic ring is 1. The number of nitrogens with one attached hydrogen (secondary N) is 1. The molecule has 0 fully saturated rings. The van der Waals surface area contributed by atoms with Gasteiger partial charge in [-0.2, -0.15) is 0 Å². The lowest BCUT2D eigenvalue weighted by atomic mass is 10.1. The molecule has 0 aromatic heterocycles. The van der Waals surface area contributed by atoms with Crippen molar-refractivity contribution in [3.63, 3.8) is 0 Å². The fourth-order valence-corrected chi connectivity index (χ4v) is 1.35. The van der Waals surface area contributed by atoms with Crippen LogP contribution < -0.4 is 16.0 Å². The van der Waals surface area contributed by atoms with E-state index in [0.29, 0.717) is 5.69 Å². The molecule has 0 atom stereocenters. The lowest BCUT2D eigenvalue weighted by Gasteiger charge is -2.19. The van der Waals surface area contributed by atoms with Crippen LogP contribution in [-0.4, -0.2) is 37.6 Å². The molecule has 0 unspecified atom stereocenters. The molecule has 0 aliphatic heterocycles. The van der Waals surface area contributed by atoms with Crippen LogP contribution in [0, 0.1) is 0 Å². The predicted molar refractivity (Wildman–Crippen MR) is 65.2 cm³/mol. The van der Waals surface area contributed by atoms with Crippen molar-refractivity contribution in [1.29, 1.82) is 0 Å². The summed E-state index contributed by atoms with van der Waals surface area (Å²) >= 11 is 0. The van der Waals surface area contributed by atoms with Gasteiger partial charge in [0.15, 0.2) is 0 Å². The number of hydrogen-bond donors (Lipinski definition) is 3. The second kappa shape index (κ2) is 5.20. The highest BCUT2D eigenvalue weighted by atomic mass is 16.4. The van der Waals surface area contributed by atoms with Gasteiger partial charge >= 0.3 is 5.97 Å².